The highest BCUT2D eigenvalue weighted by Gasteiger charge is 2.59. The number of hydrogen-bond acceptors (Lipinski definition) is 4. The van der Waals surface area contributed by atoms with E-state index >= 15 is 0 Å². The van der Waals surface area contributed by atoms with Gasteiger partial charge in [-0.3, -0.25) is 14.4 Å². The lowest BCUT2D eigenvalue weighted by Gasteiger charge is -2.29. The van der Waals surface area contributed by atoms with Crippen LogP contribution in [0.25, 0.3) is 0 Å². The molecule has 0 spiro atoms. The molecule has 0 N–H and O–H groups in total. The van der Waals surface area contributed by atoms with E-state index in [4.69, 9.17) is 4.84 Å². The summed E-state index contributed by atoms with van der Waals surface area (Å²) >= 11 is 3.38. The van der Waals surface area contributed by atoms with Crippen LogP contribution in [0, 0.1) is 11.8 Å². The Hall–Kier alpha value is -2.18. The van der Waals surface area contributed by atoms with Gasteiger partial charge in [0.25, 0.3) is 5.91 Å². The Balaban J connectivity index is 1.69. The number of nitrogens with zero attached hydrogens (tertiary/aromatic N) is 2. The highest BCUT2D eigenvalue weighted by atomic mass is 79.9. The van der Waals surface area contributed by atoms with E-state index in [0.717, 1.165) is 16.6 Å². The number of rotatable bonds is 4. The minimum atomic E-state index is -0.773. The van der Waals surface area contributed by atoms with Crippen LogP contribution in [-0.2, 0) is 14.4 Å². The molecule has 2 saturated heterocycles. The number of benzene rings is 2. The molecule has 4 rings (SSSR count). The Morgan fingerprint density at radius 1 is 0.963 bits per heavy atom. The van der Waals surface area contributed by atoms with Crippen LogP contribution in [-0.4, -0.2) is 24.0 Å². The Morgan fingerprint density at radius 2 is 1.63 bits per heavy atom. The zero-order valence-electron chi connectivity index (χ0n) is 15.2. The van der Waals surface area contributed by atoms with Gasteiger partial charge < -0.3 is 0 Å². The predicted octanol–water partition coefficient (Wildman–Crippen LogP) is 4.17. The molecule has 3 atom stereocenters. The average molecular weight is 429 g/mol. The topological polar surface area (TPSA) is 49.9 Å². The first-order valence-corrected chi connectivity index (χ1v) is 9.91. The smallest absolute Gasteiger partial charge is 0.266 e. The second kappa shape index (κ2) is 7.09. The minimum absolute atomic E-state index is 0.172. The van der Waals surface area contributed by atoms with Crippen molar-refractivity contribution in [1.82, 2.24) is 0 Å². The van der Waals surface area contributed by atoms with E-state index < -0.39 is 12.0 Å². The van der Waals surface area contributed by atoms with Crippen molar-refractivity contribution in [3.05, 3.63) is 59.1 Å². The summed E-state index contributed by atoms with van der Waals surface area (Å²) in [6.07, 6.45) is -0.00593. The molecular formula is C21H21BrN2O3. The lowest BCUT2D eigenvalue weighted by Crippen LogP contribution is -2.41. The van der Waals surface area contributed by atoms with Crippen LogP contribution in [0.3, 0.4) is 0 Å². The maximum absolute atomic E-state index is 13.2. The highest BCUT2D eigenvalue weighted by Crippen LogP contribution is 2.42. The van der Waals surface area contributed by atoms with Gasteiger partial charge in [0.1, 0.15) is 0 Å². The van der Waals surface area contributed by atoms with Crippen molar-refractivity contribution in [3.8, 4) is 0 Å². The molecule has 2 aliphatic heterocycles. The molecule has 2 amide bonds. The number of amides is 2. The molecule has 2 heterocycles. The zero-order chi connectivity index (χ0) is 19.1. The van der Waals surface area contributed by atoms with Crippen LogP contribution in [0.15, 0.2) is 59.1 Å². The summed E-state index contributed by atoms with van der Waals surface area (Å²) in [5, 5.41) is 1.77. The number of anilines is 2. The van der Waals surface area contributed by atoms with Crippen LogP contribution in [0.4, 0.5) is 11.4 Å². The van der Waals surface area contributed by atoms with E-state index in [0.29, 0.717) is 11.6 Å². The molecule has 0 aromatic heterocycles. The fourth-order valence-electron chi connectivity index (χ4n) is 3.89. The van der Waals surface area contributed by atoms with Crippen molar-refractivity contribution in [3.63, 3.8) is 0 Å². The number of carbonyl (C=O) groups is 2. The maximum Gasteiger partial charge on any atom is 0.266 e. The molecule has 2 fully saturated rings. The van der Waals surface area contributed by atoms with Gasteiger partial charge in [-0.15, -0.1) is 0 Å². The van der Waals surface area contributed by atoms with Crippen LogP contribution in [0.5, 0.6) is 0 Å². The maximum atomic E-state index is 13.2. The van der Waals surface area contributed by atoms with Crippen molar-refractivity contribution in [2.45, 2.75) is 32.4 Å². The molecule has 0 aliphatic carbocycles. The van der Waals surface area contributed by atoms with Gasteiger partial charge >= 0.3 is 0 Å². The molecule has 0 radical (unpaired) electrons. The normalized spacial score (nSPS) is 24.8. The number of hydroxylamine groups is 1. The van der Waals surface area contributed by atoms with E-state index in [1.807, 2.05) is 42.5 Å². The van der Waals surface area contributed by atoms with Crippen molar-refractivity contribution in [2.75, 3.05) is 9.96 Å². The van der Waals surface area contributed by atoms with Gasteiger partial charge in [0, 0.05) is 4.47 Å². The van der Waals surface area contributed by atoms with Crippen LogP contribution >= 0.6 is 15.9 Å². The molecule has 6 heteroatoms. The molecular weight excluding hydrogens is 408 g/mol. The van der Waals surface area contributed by atoms with Crippen molar-refractivity contribution < 1.29 is 14.4 Å². The fourth-order valence-corrected chi connectivity index (χ4v) is 4.15. The third-order valence-electron chi connectivity index (χ3n) is 5.05. The second-order valence-electron chi connectivity index (χ2n) is 7.40. The molecule has 5 nitrogen and oxygen atoms in total. The van der Waals surface area contributed by atoms with Crippen LogP contribution in [0.1, 0.15) is 20.3 Å². The summed E-state index contributed by atoms with van der Waals surface area (Å²) in [5.41, 5.74) is 1.45. The van der Waals surface area contributed by atoms with Gasteiger partial charge in [0.15, 0.2) is 6.10 Å². The first kappa shape index (κ1) is 18.2. The lowest BCUT2D eigenvalue weighted by molar-refractivity contribution is -0.126. The van der Waals surface area contributed by atoms with E-state index in [1.54, 1.807) is 17.2 Å². The SMILES string of the molecule is CC(C)C[C@H]1[C@@H]2C(=O)N(c3ccc(Br)cc3)C(=O)[C@H]2ON1c1ccccc1. The Kier molecular flexibility index (Phi) is 4.78. The zero-order valence-corrected chi connectivity index (χ0v) is 16.8. The Bertz CT molecular complexity index is 853. The van der Waals surface area contributed by atoms with E-state index in [2.05, 4.69) is 29.8 Å². The summed E-state index contributed by atoms with van der Waals surface area (Å²) in [4.78, 5) is 33.6. The van der Waals surface area contributed by atoms with E-state index in [1.165, 1.54) is 4.90 Å². The molecule has 0 saturated carbocycles. The molecule has 2 aliphatic rings. The number of carbonyl (C=O) groups excluding carboxylic acids is 2. The molecule has 2 aromatic carbocycles. The summed E-state index contributed by atoms with van der Waals surface area (Å²) in [7, 11) is 0. The number of halogens is 1. The summed E-state index contributed by atoms with van der Waals surface area (Å²) < 4.78 is 0.898. The first-order chi connectivity index (χ1) is 13.0. The molecule has 0 unspecified atom stereocenters. The molecule has 27 heavy (non-hydrogen) atoms. The van der Waals surface area contributed by atoms with E-state index in [-0.39, 0.29) is 17.9 Å². The monoisotopic (exact) mass is 428 g/mol. The third-order valence-corrected chi connectivity index (χ3v) is 5.58. The summed E-state index contributed by atoms with van der Waals surface area (Å²) in [5.74, 6) is -0.604. The summed E-state index contributed by atoms with van der Waals surface area (Å²) in [6.45, 7) is 4.23. The van der Waals surface area contributed by atoms with Crippen LogP contribution < -0.4 is 9.96 Å². The standard InChI is InChI=1S/C21H21BrN2O3/c1-13(2)12-17-18-19(27-24(17)16-6-4-3-5-7-16)21(26)23(20(18)25)15-10-8-14(22)9-11-15/h3-11,13,17-19H,12H2,1-2H3/t17-,18-,19-/m0/s1. The Morgan fingerprint density at radius 3 is 2.26 bits per heavy atom. The number of imide groups is 1. The predicted molar refractivity (Wildman–Crippen MR) is 107 cm³/mol. The van der Waals surface area contributed by atoms with Gasteiger partial charge in [0.2, 0.25) is 5.91 Å². The molecule has 0 bridgehead atoms. The van der Waals surface area contributed by atoms with Gasteiger partial charge in [-0.1, -0.05) is 48.0 Å². The van der Waals surface area contributed by atoms with Crippen molar-refractivity contribution in [2.24, 2.45) is 11.8 Å². The third kappa shape index (κ3) is 3.17. The molecule has 140 valence electrons. The van der Waals surface area contributed by atoms with Crippen molar-refractivity contribution in [1.29, 1.82) is 0 Å². The summed E-state index contributed by atoms with van der Waals surface area (Å²) in [6, 6.07) is 16.7. The van der Waals surface area contributed by atoms with Gasteiger partial charge in [-0.25, -0.2) is 9.96 Å². The Labute approximate surface area is 167 Å². The van der Waals surface area contributed by atoms with Gasteiger partial charge in [-0.2, -0.15) is 0 Å². The van der Waals surface area contributed by atoms with Crippen LogP contribution in [0.2, 0.25) is 0 Å². The number of hydrogen-bond donors (Lipinski definition) is 0. The van der Waals surface area contributed by atoms with E-state index in [9.17, 15) is 9.59 Å². The first-order valence-electron chi connectivity index (χ1n) is 9.12. The minimum Gasteiger partial charge on any atom is -0.273 e. The quantitative estimate of drug-likeness (QED) is 0.685. The fraction of sp³-hybridized carbons (Fsp3) is 0.333. The number of fused-ring (bicyclic) bond motifs is 1. The number of para-hydroxylation sites is 1. The lowest BCUT2D eigenvalue weighted by atomic mass is 9.90. The van der Waals surface area contributed by atoms with Gasteiger partial charge in [0.05, 0.1) is 23.3 Å². The highest BCUT2D eigenvalue weighted by molar-refractivity contribution is 9.10. The molecule has 2 aromatic rings. The second-order valence-corrected chi connectivity index (χ2v) is 8.31. The van der Waals surface area contributed by atoms with Crippen molar-refractivity contribution >= 4 is 39.1 Å². The average Bonchev–Trinajstić information content (AvgIpc) is 3.13. The van der Waals surface area contributed by atoms with Gasteiger partial charge in [-0.05, 0) is 48.7 Å². The largest absolute Gasteiger partial charge is 0.273 e.